The topological polar surface area (TPSA) is 74.6 Å². The lowest BCUT2D eigenvalue weighted by Crippen LogP contribution is -2.58. The van der Waals surface area contributed by atoms with Crippen LogP contribution in [0.4, 0.5) is 0 Å². The molecule has 3 saturated heterocycles. The van der Waals surface area contributed by atoms with Crippen LogP contribution in [-0.4, -0.2) is 56.1 Å². The van der Waals surface area contributed by atoms with E-state index in [0.717, 1.165) is 26.2 Å². The van der Waals surface area contributed by atoms with Gasteiger partial charge >= 0.3 is 0 Å². The van der Waals surface area contributed by atoms with Crippen LogP contribution in [0, 0.1) is 5.92 Å². The Bertz CT molecular complexity index is 263. The number of hydrogen-bond acceptors (Lipinski definition) is 6. The molecule has 0 amide bonds. The number of nitrogens with two attached hydrogens (primary N) is 1. The van der Waals surface area contributed by atoms with Crippen LogP contribution in [0.5, 0.6) is 0 Å². The summed E-state index contributed by atoms with van der Waals surface area (Å²) < 4.78 is 5.62. The van der Waals surface area contributed by atoms with Crippen molar-refractivity contribution in [3.63, 3.8) is 0 Å². The molecule has 0 spiro atoms. The van der Waals surface area contributed by atoms with Gasteiger partial charge in [0.15, 0.2) is 0 Å². The number of rotatable bonds is 2. The van der Waals surface area contributed by atoms with Crippen LogP contribution in [0.25, 0.3) is 0 Å². The molecule has 18 heavy (non-hydrogen) atoms. The summed E-state index contributed by atoms with van der Waals surface area (Å²) >= 11 is 0. The Balaban J connectivity index is 1.49. The Morgan fingerprint density at radius 3 is 2.67 bits per heavy atom. The van der Waals surface area contributed by atoms with Gasteiger partial charge in [-0.2, -0.15) is 0 Å². The summed E-state index contributed by atoms with van der Waals surface area (Å²) in [6, 6.07) is 0.862. The molecular weight excluding hydrogens is 230 g/mol. The van der Waals surface area contributed by atoms with Gasteiger partial charge in [-0.15, -0.1) is 0 Å². The van der Waals surface area contributed by atoms with E-state index in [4.69, 9.17) is 10.5 Å². The van der Waals surface area contributed by atoms with Crippen molar-refractivity contribution in [2.45, 2.75) is 37.6 Å². The first kappa shape index (κ1) is 12.8. The molecular formula is C12H25N5O. The second-order valence-electron chi connectivity index (χ2n) is 5.65. The molecule has 3 fully saturated rings. The first-order valence-electron chi connectivity index (χ1n) is 7.15. The number of ether oxygens (including phenoxy) is 1. The summed E-state index contributed by atoms with van der Waals surface area (Å²) in [4.78, 5) is 2.59. The van der Waals surface area contributed by atoms with Gasteiger partial charge < -0.3 is 15.8 Å². The van der Waals surface area contributed by atoms with E-state index in [1.807, 2.05) is 0 Å². The number of piperidine rings is 2. The van der Waals surface area contributed by atoms with E-state index < -0.39 is 0 Å². The molecule has 0 saturated carbocycles. The first-order valence-corrected chi connectivity index (χ1v) is 7.15. The molecule has 0 bridgehead atoms. The lowest BCUT2D eigenvalue weighted by molar-refractivity contribution is 0.00880. The standard InChI is InChI=1S/C12H25N5O/c13-10-7-14-4-1-11(10)17-5-2-9(3-6-17)12-16-15-8-18-12/h9-12,14-16H,1-8,13H2. The van der Waals surface area contributed by atoms with Crippen LogP contribution in [0.15, 0.2) is 0 Å². The quantitative estimate of drug-likeness (QED) is 0.496. The van der Waals surface area contributed by atoms with Gasteiger partial charge in [0.25, 0.3) is 0 Å². The van der Waals surface area contributed by atoms with E-state index in [-0.39, 0.29) is 12.3 Å². The van der Waals surface area contributed by atoms with Crippen LogP contribution < -0.4 is 21.9 Å². The van der Waals surface area contributed by atoms with Crippen LogP contribution in [-0.2, 0) is 4.74 Å². The Morgan fingerprint density at radius 1 is 1.17 bits per heavy atom. The summed E-state index contributed by atoms with van der Waals surface area (Å²) in [6.45, 7) is 5.01. The van der Waals surface area contributed by atoms with Crippen molar-refractivity contribution in [2.75, 3.05) is 32.9 Å². The molecule has 0 aromatic carbocycles. The molecule has 6 heteroatoms. The molecule has 0 aromatic heterocycles. The zero-order chi connectivity index (χ0) is 12.4. The van der Waals surface area contributed by atoms with Crippen LogP contribution in [0.2, 0.25) is 0 Å². The van der Waals surface area contributed by atoms with E-state index in [2.05, 4.69) is 21.1 Å². The van der Waals surface area contributed by atoms with Gasteiger partial charge in [0, 0.05) is 24.5 Å². The number of nitrogens with zero attached hydrogens (tertiary/aromatic N) is 1. The van der Waals surface area contributed by atoms with Crippen molar-refractivity contribution < 1.29 is 4.74 Å². The van der Waals surface area contributed by atoms with Crippen molar-refractivity contribution in [1.82, 2.24) is 21.1 Å². The number of hydrazine groups is 1. The van der Waals surface area contributed by atoms with Crippen molar-refractivity contribution in [3.05, 3.63) is 0 Å². The van der Waals surface area contributed by atoms with E-state index >= 15 is 0 Å². The fourth-order valence-corrected chi connectivity index (χ4v) is 3.45. The van der Waals surface area contributed by atoms with Crippen molar-refractivity contribution in [3.8, 4) is 0 Å². The molecule has 0 aliphatic carbocycles. The molecule has 104 valence electrons. The van der Waals surface area contributed by atoms with Crippen LogP contribution >= 0.6 is 0 Å². The molecule has 3 unspecified atom stereocenters. The fraction of sp³-hybridized carbons (Fsp3) is 1.00. The molecule has 0 aromatic rings. The number of nitrogens with one attached hydrogen (secondary N) is 3. The van der Waals surface area contributed by atoms with Gasteiger partial charge in [-0.1, -0.05) is 0 Å². The van der Waals surface area contributed by atoms with Gasteiger partial charge in [0.2, 0.25) is 0 Å². The third-order valence-corrected chi connectivity index (χ3v) is 4.54. The Hall–Kier alpha value is -0.240. The molecule has 6 nitrogen and oxygen atoms in total. The maximum atomic E-state index is 6.22. The van der Waals surface area contributed by atoms with Crippen molar-refractivity contribution >= 4 is 0 Å². The highest BCUT2D eigenvalue weighted by Gasteiger charge is 2.34. The van der Waals surface area contributed by atoms with E-state index in [0.29, 0.717) is 18.7 Å². The fourth-order valence-electron chi connectivity index (χ4n) is 3.45. The maximum Gasteiger partial charge on any atom is 0.125 e. The van der Waals surface area contributed by atoms with Crippen LogP contribution in [0.1, 0.15) is 19.3 Å². The van der Waals surface area contributed by atoms with Gasteiger partial charge in [-0.3, -0.25) is 4.90 Å². The molecule has 3 aliphatic heterocycles. The zero-order valence-electron chi connectivity index (χ0n) is 10.9. The van der Waals surface area contributed by atoms with Gasteiger partial charge in [0.1, 0.15) is 13.0 Å². The Morgan fingerprint density at radius 2 is 2.00 bits per heavy atom. The molecule has 3 atom stereocenters. The monoisotopic (exact) mass is 255 g/mol. The van der Waals surface area contributed by atoms with Crippen molar-refractivity contribution in [1.29, 1.82) is 0 Å². The molecule has 3 aliphatic rings. The predicted octanol–water partition coefficient (Wildman–Crippen LogP) is -1.20. The molecule has 0 radical (unpaired) electrons. The predicted molar refractivity (Wildman–Crippen MR) is 69.6 cm³/mol. The lowest BCUT2D eigenvalue weighted by atomic mass is 9.91. The average Bonchev–Trinajstić information content (AvgIpc) is 2.94. The second kappa shape index (κ2) is 5.81. The molecule has 3 rings (SSSR count). The minimum atomic E-state index is 0.203. The maximum absolute atomic E-state index is 6.22. The first-order chi connectivity index (χ1) is 8.84. The molecule has 5 N–H and O–H groups in total. The van der Waals surface area contributed by atoms with Gasteiger partial charge in [-0.05, 0) is 38.9 Å². The summed E-state index contributed by atoms with van der Waals surface area (Å²) in [5.74, 6) is 0.634. The normalized spacial score (nSPS) is 40.2. The zero-order valence-corrected chi connectivity index (χ0v) is 10.9. The third kappa shape index (κ3) is 2.68. The van der Waals surface area contributed by atoms with Crippen LogP contribution in [0.3, 0.4) is 0 Å². The van der Waals surface area contributed by atoms with E-state index in [1.54, 1.807) is 0 Å². The summed E-state index contributed by atoms with van der Waals surface area (Å²) in [6.07, 6.45) is 3.80. The number of hydrogen-bond donors (Lipinski definition) is 4. The molecule has 3 heterocycles. The SMILES string of the molecule is NC1CNCCC1N1CCC(C2NNCO2)CC1. The minimum absolute atomic E-state index is 0.203. The highest BCUT2D eigenvalue weighted by molar-refractivity contribution is 4.90. The second-order valence-corrected chi connectivity index (χ2v) is 5.65. The van der Waals surface area contributed by atoms with Gasteiger partial charge in [-0.25, -0.2) is 10.9 Å². The highest BCUT2D eigenvalue weighted by atomic mass is 16.5. The summed E-state index contributed by atoms with van der Waals surface area (Å²) in [7, 11) is 0. The average molecular weight is 255 g/mol. The van der Waals surface area contributed by atoms with Crippen molar-refractivity contribution in [2.24, 2.45) is 11.7 Å². The Kier molecular flexibility index (Phi) is 4.13. The summed E-state index contributed by atoms with van der Waals surface area (Å²) in [5.41, 5.74) is 12.5. The number of likely N-dealkylation sites (tertiary alicyclic amines) is 1. The smallest absolute Gasteiger partial charge is 0.125 e. The van der Waals surface area contributed by atoms with E-state index in [9.17, 15) is 0 Å². The highest BCUT2D eigenvalue weighted by Crippen LogP contribution is 2.25. The van der Waals surface area contributed by atoms with Gasteiger partial charge in [0.05, 0.1) is 0 Å². The van der Waals surface area contributed by atoms with E-state index in [1.165, 1.54) is 19.3 Å². The summed E-state index contributed by atoms with van der Waals surface area (Å²) in [5, 5.41) is 3.37. The Labute approximate surface area is 109 Å². The largest absolute Gasteiger partial charge is 0.345 e. The lowest BCUT2D eigenvalue weighted by Gasteiger charge is -2.43. The minimum Gasteiger partial charge on any atom is -0.345 e. The third-order valence-electron chi connectivity index (χ3n) is 4.54.